The smallest absolute Gasteiger partial charge is 0.328 e. The molecular formula is C24H25N5O4S. The molecule has 3 aromatic heterocycles. The van der Waals surface area contributed by atoms with Crippen molar-refractivity contribution in [2.45, 2.75) is 33.2 Å². The minimum absolute atomic E-state index is 0.260. The molecule has 4 rings (SSSR count). The van der Waals surface area contributed by atoms with Crippen LogP contribution in [0, 0.1) is 20.8 Å². The first-order chi connectivity index (χ1) is 16.2. The summed E-state index contributed by atoms with van der Waals surface area (Å²) in [5, 5.41) is 8.40. The molecule has 1 amide bonds. The number of aromatic amines is 1. The van der Waals surface area contributed by atoms with Crippen molar-refractivity contribution in [1.29, 1.82) is 0 Å². The van der Waals surface area contributed by atoms with E-state index < -0.39 is 17.9 Å². The van der Waals surface area contributed by atoms with Crippen molar-refractivity contribution in [3.63, 3.8) is 0 Å². The zero-order valence-electron chi connectivity index (χ0n) is 19.6. The molecule has 0 unspecified atom stereocenters. The van der Waals surface area contributed by atoms with Gasteiger partial charge in [-0.2, -0.15) is 5.10 Å². The molecule has 9 nitrogen and oxygen atoms in total. The molecule has 10 heteroatoms. The van der Waals surface area contributed by atoms with Gasteiger partial charge in [-0.05, 0) is 38.0 Å². The van der Waals surface area contributed by atoms with Crippen LogP contribution in [0.15, 0.2) is 35.3 Å². The number of carbonyl (C=O) groups is 2. The number of thiazole rings is 1. The van der Waals surface area contributed by atoms with Crippen LogP contribution in [0.5, 0.6) is 0 Å². The number of methoxy groups -OCH3 is 1. The Bertz CT molecular complexity index is 1470. The van der Waals surface area contributed by atoms with E-state index in [9.17, 15) is 14.4 Å². The molecule has 0 aliphatic heterocycles. The van der Waals surface area contributed by atoms with Crippen LogP contribution < -0.4 is 10.9 Å². The quantitative estimate of drug-likeness (QED) is 0.411. The average molecular weight is 480 g/mol. The number of nitrogens with zero attached hydrogens (tertiary/aromatic N) is 3. The molecule has 0 aliphatic carbocycles. The van der Waals surface area contributed by atoms with Crippen molar-refractivity contribution in [3.8, 4) is 10.6 Å². The Balaban J connectivity index is 1.64. The van der Waals surface area contributed by atoms with Gasteiger partial charge in [-0.15, -0.1) is 11.3 Å². The maximum Gasteiger partial charge on any atom is 0.328 e. The van der Waals surface area contributed by atoms with E-state index in [1.807, 2.05) is 44.3 Å². The molecule has 1 aromatic carbocycles. The molecule has 176 valence electrons. The van der Waals surface area contributed by atoms with Gasteiger partial charge in [-0.1, -0.05) is 18.2 Å². The van der Waals surface area contributed by atoms with Crippen LogP contribution >= 0.6 is 11.3 Å². The number of nitrogens with one attached hydrogen (secondary N) is 2. The average Bonchev–Trinajstić information content (AvgIpc) is 3.40. The van der Waals surface area contributed by atoms with Crippen molar-refractivity contribution in [2.24, 2.45) is 7.05 Å². The maximum atomic E-state index is 13.2. The molecule has 3 heterocycles. The minimum atomic E-state index is -0.889. The SMILES string of the molecule is COC(=O)[C@@H](Cc1c[nH]c2ccccc12)NC(=O)c1sc(-c2c(C)c(C)nn(C)c2=O)nc1C. The molecule has 0 saturated carbocycles. The lowest BCUT2D eigenvalue weighted by Crippen LogP contribution is -2.43. The normalized spacial score (nSPS) is 12.0. The Morgan fingerprint density at radius 2 is 1.94 bits per heavy atom. The number of rotatable bonds is 6. The Labute approximate surface area is 199 Å². The number of esters is 1. The summed E-state index contributed by atoms with van der Waals surface area (Å²) in [4.78, 5) is 46.4. The van der Waals surface area contributed by atoms with Crippen LogP contribution in [0.25, 0.3) is 21.5 Å². The van der Waals surface area contributed by atoms with Gasteiger partial charge in [-0.3, -0.25) is 9.59 Å². The first kappa shape index (κ1) is 23.4. The van der Waals surface area contributed by atoms with E-state index in [1.54, 1.807) is 14.0 Å². The van der Waals surface area contributed by atoms with E-state index in [2.05, 4.69) is 20.4 Å². The second-order valence-electron chi connectivity index (χ2n) is 8.06. The summed E-state index contributed by atoms with van der Waals surface area (Å²) >= 11 is 1.12. The predicted molar refractivity (Wildman–Crippen MR) is 130 cm³/mol. The van der Waals surface area contributed by atoms with Gasteiger partial charge in [0.15, 0.2) is 0 Å². The Morgan fingerprint density at radius 3 is 2.68 bits per heavy atom. The van der Waals surface area contributed by atoms with Crippen LogP contribution in [0.1, 0.15) is 32.2 Å². The van der Waals surface area contributed by atoms with Crippen molar-refractivity contribution < 1.29 is 14.3 Å². The molecule has 2 N–H and O–H groups in total. The molecule has 0 bridgehead atoms. The number of para-hydroxylation sites is 1. The van der Waals surface area contributed by atoms with Gasteiger partial charge in [0.05, 0.1) is 24.1 Å². The standard InChI is InChI=1S/C24H25N5O4S/c1-12-13(2)28-29(4)23(31)19(12)22-26-14(3)20(34-22)21(30)27-18(24(32)33-5)10-15-11-25-17-9-7-6-8-16(15)17/h6-9,11,18,25H,10H2,1-5H3,(H,27,30)/t18-/m1/s1. The number of fused-ring (bicyclic) bond motifs is 1. The number of ether oxygens (including phenoxy) is 1. The van der Waals surface area contributed by atoms with Crippen LogP contribution in [-0.4, -0.2) is 44.8 Å². The topological polar surface area (TPSA) is 119 Å². The number of hydrogen-bond acceptors (Lipinski definition) is 7. The van der Waals surface area contributed by atoms with Gasteiger partial charge >= 0.3 is 5.97 Å². The second kappa shape index (κ2) is 9.22. The van der Waals surface area contributed by atoms with E-state index in [0.717, 1.165) is 33.4 Å². The van der Waals surface area contributed by atoms with Crippen LogP contribution in [0.4, 0.5) is 0 Å². The Kier molecular flexibility index (Phi) is 6.34. The Hall–Kier alpha value is -3.79. The number of benzene rings is 1. The third-order valence-corrected chi connectivity index (χ3v) is 7.01. The zero-order valence-corrected chi connectivity index (χ0v) is 20.4. The number of amides is 1. The van der Waals surface area contributed by atoms with E-state index in [1.165, 1.54) is 11.8 Å². The van der Waals surface area contributed by atoms with Crippen LogP contribution in [0.2, 0.25) is 0 Å². The van der Waals surface area contributed by atoms with Gasteiger partial charge in [0, 0.05) is 30.6 Å². The maximum absolute atomic E-state index is 13.2. The highest BCUT2D eigenvalue weighted by Gasteiger charge is 2.27. The highest BCUT2D eigenvalue weighted by Crippen LogP contribution is 2.29. The number of H-pyrrole nitrogens is 1. The van der Waals surface area contributed by atoms with E-state index in [4.69, 9.17) is 4.74 Å². The van der Waals surface area contributed by atoms with Gasteiger partial charge in [0.25, 0.3) is 11.5 Å². The van der Waals surface area contributed by atoms with E-state index >= 15 is 0 Å². The first-order valence-corrected chi connectivity index (χ1v) is 11.5. The predicted octanol–water partition coefficient (Wildman–Crippen LogP) is 2.82. The second-order valence-corrected chi connectivity index (χ2v) is 9.06. The first-order valence-electron chi connectivity index (χ1n) is 10.7. The van der Waals surface area contributed by atoms with E-state index in [0.29, 0.717) is 26.8 Å². The number of hydrogen-bond donors (Lipinski definition) is 2. The van der Waals surface area contributed by atoms with Crippen LogP contribution in [-0.2, 0) is 23.0 Å². The summed E-state index contributed by atoms with van der Waals surface area (Å²) in [7, 11) is 2.87. The summed E-state index contributed by atoms with van der Waals surface area (Å²) < 4.78 is 6.21. The minimum Gasteiger partial charge on any atom is -0.467 e. The lowest BCUT2D eigenvalue weighted by molar-refractivity contribution is -0.142. The van der Waals surface area contributed by atoms with Gasteiger partial charge in [0.2, 0.25) is 0 Å². The summed E-state index contributed by atoms with van der Waals surface area (Å²) in [6.45, 7) is 5.33. The van der Waals surface area contributed by atoms with Crippen molar-refractivity contribution in [3.05, 3.63) is 68.2 Å². The number of carbonyl (C=O) groups excluding carboxylic acids is 2. The number of aromatic nitrogens is 4. The third-order valence-electron chi connectivity index (χ3n) is 5.83. The number of aryl methyl sites for hydroxylation is 3. The lowest BCUT2D eigenvalue weighted by atomic mass is 10.0. The van der Waals surface area contributed by atoms with Crippen molar-refractivity contribution >= 4 is 34.1 Å². The third kappa shape index (κ3) is 4.24. The van der Waals surface area contributed by atoms with Crippen LogP contribution in [0.3, 0.4) is 0 Å². The highest BCUT2D eigenvalue weighted by molar-refractivity contribution is 7.17. The monoisotopic (exact) mass is 479 g/mol. The lowest BCUT2D eigenvalue weighted by Gasteiger charge is -2.16. The van der Waals surface area contributed by atoms with E-state index in [-0.39, 0.29) is 12.0 Å². The molecule has 4 aromatic rings. The molecule has 0 saturated heterocycles. The van der Waals surface area contributed by atoms with Gasteiger partial charge in [0.1, 0.15) is 15.9 Å². The summed E-state index contributed by atoms with van der Waals surface area (Å²) in [6.07, 6.45) is 2.09. The molecule has 34 heavy (non-hydrogen) atoms. The fourth-order valence-corrected chi connectivity index (χ4v) is 4.96. The molecule has 0 fully saturated rings. The van der Waals surface area contributed by atoms with Crippen molar-refractivity contribution in [1.82, 2.24) is 25.1 Å². The summed E-state index contributed by atoms with van der Waals surface area (Å²) in [5.74, 6) is -0.993. The fraction of sp³-hybridized carbons (Fsp3) is 0.292. The van der Waals surface area contributed by atoms with Gasteiger partial charge < -0.3 is 15.0 Å². The molecule has 0 aliphatic rings. The molecular weight excluding hydrogens is 454 g/mol. The molecule has 0 radical (unpaired) electrons. The fourth-order valence-electron chi connectivity index (χ4n) is 3.89. The van der Waals surface area contributed by atoms with Gasteiger partial charge in [-0.25, -0.2) is 14.5 Å². The highest BCUT2D eigenvalue weighted by atomic mass is 32.1. The molecule has 1 atom stereocenters. The van der Waals surface area contributed by atoms with Crippen molar-refractivity contribution in [2.75, 3.05) is 7.11 Å². The Morgan fingerprint density at radius 1 is 1.21 bits per heavy atom. The summed E-state index contributed by atoms with van der Waals surface area (Å²) in [5.41, 5.74) is 3.88. The summed E-state index contributed by atoms with van der Waals surface area (Å²) in [6, 6.07) is 6.85. The molecule has 0 spiro atoms. The zero-order chi connectivity index (χ0) is 24.6. The largest absolute Gasteiger partial charge is 0.467 e.